The van der Waals surface area contributed by atoms with Crippen molar-refractivity contribution >= 4 is 35.8 Å². The van der Waals surface area contributed by atoms with E-state index >= 15 is 0 Å². The first-order valence-corrected chi connectivity index (χ1v) is 17.2. The Kier molecular flexibility index (Phi) is 13.7. The van der Waals surface area contributed by atoms with Crippen molar-refractivity contribution < 1.29 is 76.5 Å². The van der Waals surface area contributed by atoms with Gasteiger partial charge in [0.1, 0.15) is 12.7 Å². The standard InChI is InChI=1S/C39H40O16/c1-21-29(52-35(43)25-14-8-5-9-15-25)31(53-36(44)26-16-10-6-11-17-26)34(54-37(45)27-18-12-7-13-19-27)39(48-21)55-33-32(50-24(4)42)30(49-23(3)41)28(51-38(33)46)20-47-22(2)40/h5-19,21,28-34,38-39,46H,20H2,1-4H3. The van der Waals surface area contributed by atoms with Gasteiger partial charge >= 0.3 is 35.8 Å². The second kappa shape index (κ2) is 18.6. The molecule has 2 aliphatic heterocycles. The van der Waals surface area contributed by atoms with Crippen LogP contribution in [0.4, 0.5) is 0 Å². The maximum absolute atomic E-state index is 13.7. The number of benzene rings is 3. The lowest BCUT2D eigenvalue weighted by atomic mass is 9.96. The molecule has 3 aromatic carbocycles. The maximum Gasteiger partial charge on any atom is 0.338 e. The van der Waals surface area contributed by atoms with Gasteiger partial charge in [-0.3, -0.25) is 14.4 Å². The minimum Gasteiger partial charge on any atom is -0.463 e. The summed E-state index contributed by atoms with van der Waals surface area (Å²) in [7, 11) is 0. The highest BCUT2D eigenvalue weighted by Crippen LogP contribution is 2.35. The van der Waals surface area contributed by atoms with Crippen LogP contribution >= 0.6 is 0 Å². The van der Waals surface area contributed by atoms with Crippen LogP contribution in [-0.4, -0.2) is 109 Å². The quantitative estimate of drug-likeness (QED) is 0.208. The fourth-order valence-electron chi connectivity index (χ4n) is 5.99. The summed E-state index contributed by atoms with van der Waals surface area (Å²) in [6.07, 6.45) is -15.9. The molecule has 2 aliphatic rings. The van der Waals surface area contributed by atoms with Gasteiger partial charge in [-0.15, -0.1) is 0 Å². The second-order valence-corrected chi connectivity index (χ2v) is 12.5. The number of carbonyl (C=O) groups is 6. The predicted octanol–water partition coefficient (Wildman–Crippen LogP) is 2.94. The molecule has 2 saturated heterocycles. The Bertz CT molecular complexity index is 1800. The number of aliphatic hydroxyl groups excluding tert-OH is 1. The molecule has 5 rings (SSSR count). The lowest BCUT2D eigenvalue weighted by molar-refractivity contribution is -0.358. The molecule has 3 aromatic rings. The van der Waals surface area contributed by atoms with Crippen molar-refractivity contribution in [3.8, 4) is 0 Å². The summed E-state index contributed by atoms with van der Waals surface area (Å²) in [6.45, 7) is 4.21. The lowest BCUT2D eigenvalue weighted by Crippen LogP contribution is -2.66. The van der Waals surface area contributed by atoms with Crippen molar-refractivity contribution in [3.05, 3.63) is 108 Å². The van der Waals surface area contributed by atoms with Gasteiger partial charge in [0.2, 0.25) is 0 Å². The molecule has 0 saturated carbocycles. The topological polar surface area (TPSA) is 206 Å². The Morgan fingerprint density at radius 2 is 0.945 bits per heavy atom. The van der Waals surface area contributed by atoms with E-state index in [9.17, 15) is 33.9 Å². The van der Waals surface area contributed by atoms with E-state index in [0.29, 0.717) is 0 Å². The molecule has 0 radical (unpaired) electrons. The molecule has 16 heteroatoms. The molecule has 2 heterocycles. The van der Waals surface area contributed by atoms with Crippen LogP contribution in [0.25, 0.3) is 0 Å². The average Bonchev–Trinajstić information content (AvgIpc) is 3.16. The number of esters is 6. The van der Waals surface area contributed by atoms with Gasteiger partial charge < -0.3 is 47.7 Å². The van der Waals surface area contributed by atoms with Gasteiger partial charge in [-0.05, 0) is 43.3 Å². The summed E-state index contributed by atoms with van der Waals surface area (Å²) >= 11 is 0. The molecule has 10 atom stereocenters. The zero-order valence-electron chi connectivity index (χ0n) is 30.2. The number of carbonyl (C=O) groups excluding carboxylic acids is 6. The number of hydrogen-bond acceptors (Lipinski definition) is 16. The SMILES string of the molecule is CC(=O)OCC1OC(O)C(OC2OC(C)C(OC(=O)c3ccccc3)C(OC(=O)c3ccccc3)C2OC(=O)c2ccccc2)C(OC(C)=O)C1OC(C)=O. The first kappa shape index (κ1) is 40.5. The van der Waals surface area contributed by atoms with Crippen LogP contribution in [0.1, 0.15) is 58.8 Å². The van der Waals surface area contributed by atoms with Crippen molar-refractivity contribution in [1.29, 1.82) is 0 Å². The summed E-state index contributed by atoms with van der Waals surface area (Å²) in [4.78, 5) is 77.0. The molecule has 16 nitrogen and oxygen atoms in total. The third kappa shape index (κ3) is 10.5. The zero-order chi connectivity index (χ0) is 39.6. The highest BCUT2D eigenvalue weighted by molar-refractivity contribution is 5.91. The van der Waals surface area contributed by atoms with Gasteiger partial charge in [-0.2, -0.15) is 0 Å². The van der Waals surface area contributed by atoms with Crippen LogP contribution in [0.5, 0.6) is 0 Å². The smallest absolute Gasteiger partial charge is 0.338 e. The van der Waals surface area contributed by atoms with E-state index in [1.807, 2.05) is 0 Å². The molecule has 55 heavy (non-hydrogen) atoms. The Hall–Kier alpha value is -5.68. The van der Waals surface area contributed by atoms with Crippen LogP contribution < -0.4 is 0 Å². The molecule has 0 aromatic heterocycles. The van der Waals surface area contributed by atoms with Crippen molar-refractivity contribution in [3.63, 3.8) is 0 Å². The Balaban J connectivity index is 1.56. The number of hydrogen-bond donors (Lipinski definition) is 1. The lowest BCUT2D eigenvalue weighted by Gasteiger charge is -2.47. The molecule has 0 aliphatic carbocycles. The van der Waals surface area contributed by atoms with Gasteiger partial charge in [0, 0.05) is 20.8 Å². The second-order valence-electron chi connectivity index (χ2n) is 12.5. The van der Waals surface area contributed by atoms with Crippen molar-refractivity contribution in [2.45, 2.75) is 89.1 Å². The van der Waals surface area contributed by atoms with Crippen LogP contribution in [0.2, 0.25) is 0 Å². The van der Waals surface area contributed by atoms with E-state index in [2.05, 4.69) is 0 Å². The fraction of sp³-hybridized carbons (Fsp3) is 0.385. The Morgan fingerprint density at radius 3 is 1.40 bits per heavy atom. The first-order valence-electron chi connectivity index (χ1n) is 17.2. The summed E-state index contributed by atoms with van der Waals surface area (Å²) in [5.74, 6) is -5.08. The molecule has 0 bridgehead atoms. The normalized spacial score (nSPS) is 27.4. The summed E-state index contributed by atoms with van der Waals surface area (Å²) in [5.41, 5.74) is 0.341. The number of ether oxygens (including phenoxy) is 9. The average molecular weight is 765 g/mol. The van der Waals surface area contributed by atoms with E-state index in [1.165, 1.54) is 43.3 Å². The van der Waals surface area contributed by atoms with Crippen LogP contribution in [0.15, 0.2) is 91.0 Å². The monoisotopic (exact) mass is 764 g/mol. The fourth-order valence-corrected chi connectivity index (χ4v) is 5.99. The number of aliphatic hydroxyl groups is 1. The van der Waals surface area contributed by atoms with E-state index < -0.39 is 104 Å². The third-order valence-corrected chi connectivity index (χ3v) is 8.44. The van der Waals surface area contributed by atoms with Gasteiger partial charge in [-0.25, -0.2) is 14.4 Å². The largest absolute Gasteiger partial charge is 0.463 e. The van der Waals surface area contributed by atoms with Gasteiger partial charge in [0.25, 0.3) is 0 Å². The van der Waals surface area contributed by atoms with E-state index in [0.717, 1.165) is 20.8 Å². The minimum absolute atomic E-state index is 0.0768. The molecule has 292 valence electrons. The molecular weight excluding hydrogens is 724 g/mol. The van der Waals surface area contributed by atoms with Crippen molar-refractivity contribution in [1.82, 2.24) is 0 Å². The molecular formula is C39H40O16. The minimum atomic E-state index is -1.97. The molecule has 0 amide bonds. The van der Waals surface area contributed by atoms with Gasteiger partial charge in [0.15, 0.2) is 49.2 Å². The maximum atomic E-state index is 13.7. The van der Waals surface area contributed by atoms with Crippen LogP contribution in [0.3, 0.4) is 0 Å². The summed E-state index contributed by atoms with van der Waals surface area (Å²) in [6, 6.07) is 23.6. The van der Waals surface area contributed by atoms with Crippen molar-refractivity contribution in [2.24, 2.45) is 0 Å². The molecule has 2 fully saturated rings. The predicted molar refractivity (Wildman–Crippen MR) is 185 cm³/mol. The van der Waals surface area contributed by atoms with E-state index in [1.54, 1.807) is 54.6 Å². The highest BCUT2D eigenvalue weighted by Gasteiger charge is 2.56. The number of rotatable bonds is 12. The van der Waals surface area contributed by atoms with Crippen molar-refractivity contribution in [2.75, 3.05) is 6.61 Å². The summed E-state index contributed by atoms with van der Waals surface area (Å²) in [5, 5.41) is 11.3. The zero-order valence-corrected chi connectivity index (χ0v) is 30.2. The first-order chi connectivity index (χ1) is 26.3. The van der Waals surface area contributed by atoms with E-state index in [-0.39, 0.29) is 16.7 Å². The third-order valence-electron chi connectivity index (χ3n) is 8.44. The van der Waals surface area contributed by atoms with Gasteiger partial charge in [0.05, 0.1) is 22.8 Å². The molecule has 0 spiro atoms. The molecule has 10 unspecified atom stereocenters. The van der Waals surface area contributed by atoms with Crippen LogP contribution in [0, 0.1) is 0 Å². The van der Waals surface area contributed by atoms with Crippen LogP contribution in [-0.2, 0) is 57.0 Å². The van der Waals surface area contributed by atoms with E-state index in [4.69, 9.17) is 42.6 Å². The highest BCUT2D eigenvalue weighted by atomic mass is 16.8. The Morgan fingerprint density at radius 1 is 0.527 bits per heavy atom. The Labute approximate surface area is 315 Å². The summed E-state index contributed by atoms with van der Waals surface area (Å²) < 4.78 is 51.9. The van der Waals surface area contributed by atoms with Gasteiger partial charge in [-0.1, -0.05) is 54.6 Å². The molecule has 1 N–H and O–H groups in total.